The second-order valence-corrected chi connectivity index (χ2v) is 11.0. The molecular weight excluding hydrogens is 435 g/mol. The van der Waals surface area contributed by atoms with E-state index in [1.807, 2.05) is 33.1 Å². The largest absolute Gasteiger partial charge is 0.495 e. The van der Waals surface area contributed by atoms with Crippen LogP contribution in [0.15, 0.2) is 29.6 Å². The minimum absolute atomic E-state index is 0.263. The van der Waals surface area contributed by atoms with E-state index in [1.165, 1.54) is 29.5 Å². The molecule has 1 amide bonds. The number of hydrogen-bond donors (Lipinski definition) is 2. The van der Waals surface area contributed by atoms with E-state index in [0.717, 1.165) is 11.7 Å². The molecule has 7 nitrogen and oxygen atoms in total. The summed E-state index contributed by atoms with van der Waals surface area (Å²) in [5.74, 6) is -0.342. The van der Waals surface area contributed by atoms with Crippen LogP contribution in [0.1, 0.15) is 37.4 Å². The molecule has 1 aromatic carbocycles. The van der Waals surface area contributed by atoms with Crippen molar-refractivity contribution in [2.75, 3.05) is 16.3 Å². The van der Waals surface area contributed by atoms with Gasteiger partial charge in [-0.15, -0.1) is 11.3 Å². The zero-order valence-electron chi connectivity index (χ0n) is 16.7. The third kappa shape index (κ3) is 5.13. The highest BCUT2D eigenvalue weighted by molar-refractivity contribution is 7.92. The number of benzene rings is 1. The van der Waals surface area contributed by atoms with E-state index in [4.69, 9.17) is 20.9 Å². The minimum atomic E-state index is -3.46. The molecule has 1 aliphatic rings. The summed E-state index contributed by atoms with van der Waals surface area (Å²) in [7, 11) is -4.01. The van der Waals surface area contributed by atoms with Crippen molar-refractivity contribution in [3.63, 3.8) is 0 Å². The van der Waals surface area contributed by atoms with Crippen LogP contribution < -0.4 is 15.5 Å². The number of anilines is 2. The molecule has 0 unspecified atom stereocenters. The van der Waals surface area contributed by atoms with Crippen LogP contribution >= 0.6 is 22.9 Å². The molecule has 11 heteroatoms. The number of carbonyl (C=O) groups is 1. The van der Waals surface area contributed by atoms with Crippen LogP contribution in [0.25, 0.3) is 0 Å². The van der Waals surface area contributed by atoms with Gasteiger partial charge in [0.25, 0.3) is 5.91 Å². The smallest absolute Gasteiger partial charge is 0.399 e. The molecule has 2 heterocycles. The summed E-state index contributed by atoms with van der Waals surface area (Å²) in [6.07, 6.45) is 1.04. The third-order valence-corrected chi connectivity index (χ3v) is 6.60. The molecule has 0 saturated carbocycles. The maximum absolute atomic E-state index is 12.6. The molecule has 3 rings (SSSR count). The Morgan fingerprint density at radius 1 is 1.07 bits per heavy atom. The van der Waals surface area contributed by atoms with E-state index >= 15 is 0 Å². The molecular formula is C18H22BClN2O5S2. The predicted molar refractivity (Wildman–Crippen MR) is 118 cm³/mol. The van der Waals surface area contributed by atoms with Crippen LogP contribution in [0, 0.1) is 0 Å². The van der Waals surface area contributed by atoms with E-state index in [0.29, 0.717) is 10.6 Å². The van der Waals surface area contributed by atoms with E-state index in [2.05, 4.69) is 10.0 Å². The standard InChI is InChI=1S/C18H22BClN2O5S2/c1-17(2)18(3,4)27-19(26-17)11-6-15(28-10-11)16(23)21-13-7-12(20)8-14(9-13)22-29(5,24)25/h6-10,22H,1-5H3,(H,21,23). The first kappa shape index (κ1) is 22.1. The first-order valence-corrected chi connectivity index (χ1v) is 11.9. The van der Waals surface area contributed by atoms with Gasteiger partial charge in [-0.25, -0.2) is 8.42 Å². The zero-order valence-corrected chi connectivity index (χ0v) is 19.1. The molecule has 1 saturated heterocycles. The van der Waals surface area contributed by atoms with E-state index in [-0.39, 0.29) is 16.6 Å². The van der Waals surface area contributed by atoms with Crippen LogP contribution in [-0.4, -0.2) is 38.9 Å². The molecule has 2 aromatic rings. The third-order valence-electron chi connectivity index (χ3n) is 4.83. The number of thiophene rings is 1. The number of nitrogens with one attached hydrogen (secondary N) is 2. The lowest BCUT2D eigenvalue weighted by Gasteiger charge is -2.32. The van der Waals surface area contributed by atoms with Crippen LogP contribution in [0.3, 0.4) is 0 Å². The molecule has 0 aliphatic carbocycles. The summed E-state index contributed by atoms with van der Waals surface area (Å²) in [6.45, 7) is 7.87. The van der Waals surface area contributed by atoms with Crippen LogP contribution in [-0.2, 0) is 19.3 Å². The fraction of sp³-hybridized carbons (Fsp3) is 0.389. The fourth-order valence-corrected chi connectivity index (χ4v) is 4.29. The highest BCUT2D eigenvalue weighted by Gasteiger charge is 2.52. The number of rotatable bonds is 5. The Bertz CT molecular complexity index is 1040. The molecule has 0 radical (unpaired) electrons. The summed E-state index contributed by atoms with van der Waals surface area (Å²) in [5.41, 5.74) is 0.473. The van der Waals surface area contributed by atoms with Crippen molar-refractivity contribution in [2.24, 2.45) is 0 Å². The number of hydrogen-bond acceptors (Lipinski definition) is 6. The van der Waals surface area contributed by atoms with Crippen molar-refractivity contribution in [3.8, 4) is 0 Å². The summed E-state index contributed by atoms with van der Waals surface area (Å²) in [4.78, 5) is 13.1. The maximum Gasteiger partial charge on any atom is 0.495 e. The lowest BCUT2D eigenvalue weighted by molar-refractivity contribution is 0.00578. The van der Waals surface area contributed by atoms with Crippen molar-refractivity contribution in [3.05, 3.63) is 39.5 Å². The van der Waals surface area contributed by atoms with Crippen molar-refractivity contribution in [2.45, 2.75) is 38.9 Å². The summed E-state index contributed by atoms with van der Waals surface area (Å²) in [5, 5.41) is 4.85. The number of halogens is 1. The van der Waals surface area contributed by atoms with Gasteiger partial charge in [-0.1, -0.05) is 11.6 Å². The first-order valence-electron chi connectivity index (χ1n) is 8.80. The Balaban J connectivity index is 1.75. The Labute approximate surface area is 179 Å². The Morgan fingerprint density at radius 2 is 1.66 bits per heavy atom. The van der Waals surface area contributed by atoms with Gasteiger partial charge in [0, 0.05) is 10.7 Å². The van der Waals surface area contributed by atoms with Crippen molar-refractivity contribution < 1.29 is 22.5 Å². The molecule has 2 N–H and O–H groups in total. The molecule has 1 fully saturated rings. The van der Waals surface area contributed by atoms with Gasteiger partial charge in [0.2, 0.25) is 10.0 Å². The SMILES string of the molecule is CC1(C)OB(c2csc(C(=O)Nc3cc(Cl)cc(NS(C)(=O)=O)c3)c2)OC1(C)C. The zero-order chi connectivity index (χ0) is 21.6. The van der Waals surface area contributed by atoms with Gasteiger partial charge in [0.05, 0.1) is 28.0 Å². The summed E-state index contributed by atoms with van der Waals surface area (Å²) < 4.78 is 37.2. The molecule has 1 aliphatic heterocycles. The van der Waals surface area contributed by atoms with Crippen molar-refractivity contribution in [1.29, 1.82) is 0 Å². The molecule has 0 atom stereocenters. The second-order valence-electron chi connectivity index (χ2n) is 7.89. The van der Waals surface area contributed by atoms with Gasteiger partial charge in [-0.05, 0) is 62.8 Å². The number of carbonyl (C=O) groups excluding carboxylic acids is 1. The molecule has 0 spiro atoms. The molecule has 1 aromatic heterocycles. The number of amides is 1. The normalized spacial score (nSPS) is 17.9. The van der Waals surface area contributed by atoms with E-state index < -0.39 is 28.3 Å². The topological polar surface area (TPSA) is 93.7 Å². The molecule has 0 bridgehead atoms. The Kier molecular flexibility index (Phi) is 5.79. The highest BCUT2D eigenvalue weighted by atomic mass is 35.5. The van der Waals surface area contributed by atoms with Crippen LogP contribution in [0.5, 0.6) is 0 Å². The first-order chi connectivity index (χ1) is 13.3. The van der Waals surface area contributed by atoms with Crippen LogP contribution in [0.2, 0.25) is 5.02 Å². The average molecular weight is 457 g/mol. The fourth-order valence-electron chi connectivity index (χ4n) is 2.70. The lowest BCUT2D eigenvalue weighted by atomic mass is 9.81. The van der Waals surface area contributed by atoms with E-state index in [9.17, 15) is 13.2 Å². The van der Waals surface area contributed by atoms with Crippen molar-refractivity contribution in [1.82, 2.24) is 0 Å². The minimum Gasteiger partial charge on any atom is -0.399 e. The summed E-state index contributed by atoms with van der Waals surface area (Å²) >= 11 is 7.30. The van der Waals surface area contributed by atoms with Crippen molar-refractivity contribution >= 4 is 62.8 Å². The maximum atomic E-state index is 12.6. The highest BCUT2D eigenvalue weighted by Crippen LogP contribution is 2.36. The van der Waals surface area contributed by atoms with Gasteiger partial charge in [0.1, 0.15) is 0 Å². The second kappa shape index (κ2) is 7.59. The lowest BCUT2D eigenvalue weighted by Crippen LogP contribution is -2.41. The van der Waals surface area contributed by atoms with Gasteiger partial charge in [0.15, 0.2) is 0 Å². The van der Waals surface area contributed by atoms with Gasteiger partial charge in [-0.3, -0.25) is 9.52 Å². The summed E-state index contributed by atoms with van der Waals surface area (Å²) in [6, 6.07) is 6.21. The average Bonchev–Trinajstić information content (AvgIpc) is 3.08. The van der Waals surface area contributed by atoms with Crippen LogP contribution in [0.4, 0.5) is 11.4 Å². The van der Waals surface area contributed by atoms with Gasteiger partial charge < -0.3 is 14.6 Å². The number of sulfonamides is 1. The van der Waals surface area contributed by atoms with E-state index in [1.54, 1.807) is 6.07 Å². The molecule has 156 valence electrons. The van der Waals surface area contributed by atoms with Gasteiger partial charge >= 0.3 is 7.12 Å². The Morgan fingerprint density at radius 3 is 2.24 bits per heavy atom. The quantitative estimate of drug-likeness (QED) is 0.673. The molecule has 29 heavy (non-hydrogen) atoms. The monoisotopic (exact) mass is 456 g/mol. The Hall–Kier alpha value is -1.59. The van der Waals surface area contributed by atoms with Gasteiger partial charge in [-0.2, -0.15) is 0 Å². The predicted octanol–water partition coefficient (Wildman–Crippen LogP) is 3.32.